The van der Waals surface area contributed by atoms with E-state index in [1.165, 1.54) is 61.9 Å². The summed E-state index contributed by atoms with van der Waals surface area (Å²) in [5.41, 5.74) is 3.58. The van der Waals surface area contributed by atoms with Crippen LogP contribution < -0.4 is 10.2 Å². The van der Waals surface area contributed by atoms with Gasteiger partial charge < -0.3 is 9.40 Å². The van der Waals surface area contributed by atoms with Crippen LogP contribution in [0.15, 0.2) is 80.9 Å². The van der Waals surface area contributed by atoms with E-state index in [1.54, 1.807) is 12.1 Å². The maximum absolute atomic E-state index is 13.5. The molecule has 206 valence electrons. The second kappa shape index (κ2) is 9.21. The number of furan rings is 1. The van der Waals surface area contributed by atoms with Crippen LogP contribution >= 0.6 is 11.8 Å². The lowest BCUT2D eigenvalue weighted by Gasteiger charge is -2.57. The number of aromatic amines is 1. The third kappa shape index (κ3) is 4.22. The topological polar surface area (TPSA) is 108 Å². The van der Waals surface area contributed by atoms with Crippen LogP contribution in [0, 0.1) is 17.8 Å². The largest absolute Gasteiger partial charge is 0.450 e. The molecular formula is C32H28N4O4S. The monoisotopic (exact) mass is 564 g/mol. The van der Waals surface area contributed by atoms with Gasteiger partial charge in [0.05, 0.1) is 16.7 Å². The Morgan fingerprint density at radius 1 is 0.902 bits per heavy atom. The number of nitrogens with one attached hydrogen (secondary N) is 2. The van der Waals surface area contributed by atoms with E-state index in [0.29, 0.717) is 21.7 Å². The van der Waals surface area contributed by atoms with Crippen molar-refractivity contribution in [2.45, 2.75) is 54.2 Å². The van der Waals surface area contributed by atoms with Crippen LogP contribution in [0.1, 0.15) is 49.8 Å². The molecule has 5 fully saturated rings. The number of carbonyl (C=O) groups excluding carboxylic acids is 3. The fourth-order valence-corrected chi connectivity index (χ4v) is 8.77. The predicted octanol–water partition coefficient (Wildman–Crippen LogP) is 6.44. The van der Waals surface area contributed by atoms with E-state index in [-0.39, 0.29) is 11.0 Å². The number of nitrogens with zero attached hydrogens (tertiary/aromatic N) is 2. The van der Waals surface area contributed by atoms with Crippen LogP contribution in [-0.2, 0) is 15.0 Å². The Bertz CT molecular complexity index is 1680. The Labute approximate surface area is 240 Å². The number of H-pyrrole nitrogens is 1. The van der Waals surface area contributed by atoms with Crippen LogP contribution in [0.2, 0.25) is 0 Å². The SMILES string of the molecule is O=C1NC(=O)N(c2ccc(C34CC5CC(CC(C5)C3)C4)cc2)C(=O)/C1=C/c1ccc(Sc2nc3ccccc3[nH]2)o1. The average Bonchev–Trinajstić information content (AvgIpc) is 3.56. The van der Waals surface area contributed by atoms with Gasteiger partial charge in [0, 0.05) is 0 Å². The van der Waals surface area contributed by atoms with Crippen molar-refractivity contribution in [3.8, 4) is 0 Å². The number of benzene rings is 2. The first-order chi connectivity index (χ1) is 19.9. The van der Waals surface area contributed by atoms with Crippen molar-refractivity contribution in [3.63, 3.8) is 0 Å². The summed E-state index contributed by atoms with van der Waals surface area (Å²) in [5.74, 6) is 1.39. The van der Waals surface area contributed by atoms with Crippen LogP contribution in [0.3, 0.4) is 0 Å². The van der Waals surface area contributed by atoms with Crippen molar-refractivity contribution in [3.05, 3.63) is 77.6 Å². The van der Waals surface area contributed by atoms with Gasteiger partial charge in [0.15, 0.2) is 10.2 Å². The van der Waals surface area contributed by atoms with Gasteiger partial charge in [0.1, 0.15) is 11.3 Å². The fraction of sp³-hybridized carbons (Fsp3) is 0.312. The summed E-state index contributed by atoms with van der Waals surface area (Å²) in [5, 5.41) is 3.53. The minimum Gasteiger partial charge on any atom is -0.450 e. The van der Waals surface area contributed by atoms with Gasteiger partial charge in [-0.25, -0.2) is 14.7 Å². The summed E-state index contributed by atoms with van der Waals surface area (Å²) >= 11 is 1.30. The quantitative estimate of drug-likeness (QED) is 0.213. The molecule has 4 aliphatic carbocycles. The van der Waals surface area contributed by atoms with Crippen molar-refractivity contribution in [1.82, 2.24) is 15.3 Å². The van der Waals surface area contributed by atoms with Gasteiger partial charge in [-0.05, 0) is 121 Å². The molecule has 4 aromatic rings. The number of urea groups is 1. The molecule has 2 aromatic heterocycles. The van der Waals surface area contributed by atoms with Crippen LogP contribution in [-0.4, -0.2) is 27.8 Å². The minimum absolute atomic E-state index is 0.163. The first-order valence-electron chi connectivity index (χ1n) is 14.2. The third-order valence-electron chi connectivity index (χ3n) is 9.33. The third-order valence-corrected chi connectivity index (χ3v) is 10.1. The number of rotatable bonds is 5. The van der Waals surface area contributed by atoms with Gasteiger partial charge in [0.25, 0.3) is 11.8 Å². The number of para-hydroxylation sites is 2. The number of anilines is 1. The molecule has 1 aliphatic heterocycles. The lowest BCUT2D eigenvalue weighted by molar-refractivity contribution is -0.122. The molecule has 4 bridgehead atoms. The lowest BCUT2D eigenvalue weighted by Crippen LogP contribution is -2.54. The first-order valence-corrected chi connectivity index (χ1v) is 15.0. The lowest BCUT2D eigenvalue weighted by atomic mass is 9.48. The van der Waals surface area contributed by atoms with Crippen molar-refractivity contribution in [2.24, 2.45) is 17.8 Å². The molecule has 0 unspecified atom stereocenters. The zero-order chi connectivity index (χ0) is 27.7. The number of carbonyl (C=O) groups is 3. The van der Waals surface area contributed by atoms with E-state index < -0.39 is 17.8 Å². The fourth-order valence-electron chi connectivity index (χ4n) is 8.00. The normalized spacial score (nSPS) is 28.2. The summed E-state index contributed by atoms with van der Waals surface area (Å²) in [6.07, 6.45) is 9.22. The van der Waals surface area contributed by atoms with E-state index in [0.717, 1.165) is 33.7 Å². The minimum atomic E-state index is -0.750. The van der Waals surface area contributed by atoms with E-state index in [9.17, 15) is 14.4 Å². The van der Waals surface area contributed by atoms with Gasteiger partial charge in [-0.15, -0.1) is 0 Å². The number of barbiturate groups is 1. The Hall–Kier alpha value is -4.11. The summed E-state index contributed by atoms with van der Waals surface area (Å²) in [7, 11) is 0. The summed E-state index contributed by atoms with van der Waals surface area (Å²) in [6, 6.07) is 18.2. The molecule has 0 atom stereocenters. The molecule has 4 amide bonds. The molecule has 41 heavy (non-hydrogen) atoms. The van der Waals surface area contributed by atoms with Gasteiger partial charge in [0.2, 0.25) is 0 Å². The van der Waals surface area contributed by atoms with Gasteiger partial charge in [-0.1, -0.05) is 24.3 Å². The second-order valence-electron chi connectivity index (χ2n) is 12.0. The van der Waals surface area contributed by atoms with Crippen LogP contribution in [0.5, 0.6) is 0 Å². The first kappa shape index (κ1) is 24.7. The predicted molar refractivity (Wildman–Crippen MR) is 154 cm³/mol. The number of hydrogen-bond donors (Lipinski definition) is 2. The number of hydrogen-bond acceptors (Lipinski definition) is 6. The average molecular weight is 565 g/mol. The number of imide groups is 2. The summed E-state index contributed by atoms with van der Waals surface area (Å²) in [4.78, 5) is 47.8. The van der Waals surface area contributed by atoms with Gasteiger partial charge in [-0.2, -0.15) is 0 Å². The maximum Gasteiger partial charge on any atom is 0.335 e. The number of imidazole rings is 1. The highest BCUT2D eigenvalue weighted by atomic mass is 32.2. The zero-order valence-corrected chi connectivity index (χ0v) is 23.1. The molecule has 4 saturated carbocycles. The highest BCUT2D eigenvalue weighted by molar-refractivity contribution is 7.99. The van der Waals surface area contributed by atoms with E-state index >= 15 is 0 Å². The Morgan fingerprint density at radius 3 is 2.32 bits per heavy atom. The highest BCUT2D eigenvalue weighted by Crippen LogP contribution is 2.60. The molecule has 2 N–H and O–H groups in total. The molecule has 3 heterocycles. The molecular weight excluding hydrogens is 536 g/mol. The van der Waals surface area contributed by atoms with Crippen molar-refractivity contribution in [2.75, 3.05) is 4.90 Å². The molecule has 9 heteroatoms. The van der Waals surface area contributed by atoms with Crippen molar-refractivity contribution < 1.29 is 18.8 Å². The Morgan fingerprint density at radius 2 is 1.61 bits per heavy atom. The number of amides is 4. The second-order valence-corrected chi connectivity index (χ2v) is 13.0. The number of aromatic nitrogens is 2. The molecule has 8 nitrogen and oxygen atoms in total. The van der Waals surface area contributed by atoms with Crippen LogP contribution in [0.4, 0.5) is 10.5 Å². The molecule has 9 rings (SSSR count). The number of fused-ring (bicyclic) bond motifs is 1. The molecule has 0 spiro atoms. The van der Waals surface area contributed by atoms with Crippen molar-refractivity contribution >= 4 is 52.4 Å². The zero-order valence-electron chi connectivity index (χ0n) is 22.3. The van der Waals surface area contributed by atoms with E-state index in [2.05, 4.69) is 27.4 Å². The summed E-state index contributed by atoms with van der Waals surface area (Å²) < 4.78 is 5.87. The molecule has 1 saturated heterocycles. The molecule has 2 aromatic carbocycles. The Kier molecular flexibility index (Phi) is 5.54. The van der Waals surface area contributed by atoms with E-state index in [1.807, 2.05) is 36.4 Å². The van der Waals surface area contributed by atoms with E-state index in [4.69, 9.17) is 4.42 Å². The smallest absolute Gasteiger partial charge is 0.335 e. The van der Waals surface area contributed by atoms with Gasteiger partial charge >= 0.3 is 6.03 Å². The maximum atomic E-state index is 13.5. The highest BCUT2D eigenvalue weighted by Gasteiger charge is 2.51. The molecule has 0 radical (unpaired) electrons. The van der Waals surface area contributed by atoms with Gasteiger partial charge in [-0.3, -0.25) is 14.9 Å². The molecule has 5 aliphatic rings. The Balaban J connectivity index is 1.03. The standard InChI is InChI=1S/C32H28N4O4S/c37-28-24(14-23-9-10-27(40-23)41-30-33-25-3-1-2-4-26(25)34-30)29(38)36(31(39)35-28)22-7-5-21(6-8-22)32-15-18-11-19(16-32)13-20(12-18)17-32/h1-10,14,18-20H,11-13,15-17H2,(H,33,34)(H,35,37,39)/b24-14+. The van der Waals surface area contributed by atoms with Crippen molar-refractivity contribution in [1.29, 1.82) is 0 Å². The summed E-state index contributed by atoms with van der Waals surface area (Å²) in [6.45, 7) is 0. The van der Waals surface area contributed by atoms with Crippen LogP contribution in [0.25, 0.3) is 17.1 Å².